The van der Waals surface area contributed by atoms with E-state index >= 15 is 0 Å². The Morgan fingerprint density at radius 1 is 1.09 bits per heavy atom. The number of aromatic nitrogens is 2. The standard InChI is InChI=1S/C24H23ClN4OS2/c25-18-3-4-20-21(14-18)32-15-17-2-1-7-27-23(17)24(20)29-12-10-28(11-13-29)22(30)16-31-19-5-8-26-9-6-19/h1-9,14,24H,10-13,15-16H2. The SMILES string of the molecule is O=C(CSc1ccncc1)N1CCN(C2c3ccc(Cl)cc3SCc3cccnc32)CC1. The van der Waals surface area contributed by atoms with Crippen LogP contribution < -0.4 is 0 Å². The molecule has 32 heavy (non-hydrogen) atoms. The van der Waals surface area contributed by atoms with Crippen molar-refractivity contribution in [3.8, 4) is 0 Å². The van der Waals surface area contributed by atoms with Gasteiger partial charge in [0.05, 0.1) is 17.5 Å². The van der Waals surface area contributed by atoms with Gasteiger partial charge in [0, 0.05) is 65.3 Å². The number of fused-ring (bicyclic) bond motifs is 2. The van der Waals surface area contributed by atoms with Crippen LogP contribution in [0.3, 0.4) is 0 Å². The van der Waals surface area contributed by atoms with Crippen LogP contribution in [0.25, 0.3) is 0 Å². The Hall–Kier alpha value is -2.06. The summed E-state index contributed by atoms with van der Waals surface area (Å²) in [7, 11) is 0. The summed E-state index contributed by atoms with van der Waals surface area (Å²) in [5.41, 5.74) is 3.64. The molecule has 2 aliphatic rings. The molecule has 8 heteroatoms. The number of carbonyl (C=O) groups excluding carboxylic acids is 1. The van der Waals surface area contributed by atoms with Crippen LogP contribution in [0.2, 0.25) is 5.02 Å². The average Bonchev–Trinajstić information content (AvgIpc) is 3.00. The van der Waals surface area contributed by atoms with E-state index in [9.17, 15) is 4.79 Å². The number of hydrogen-bond donors (Lipinski definition) is 0. The molecular weight excluding hydrogens is 460 g/mol. The quantitative estimate of drug-likeness (QED) is 0.499. The number of amides is 1. The lowest BCUT2D eigenvalue weighted by atomic mass is 9.97. The first-order valence-electron chi connectivity index (χ1n) is 10.6. The normalized spacial score (nSPS) is 18.5. The molecule has 4 heterocycles. The van der Waals surface area contributed by atoms with Gasteiger partial charge in [-0.3, -0.25) is 19.7 Å². The highest BCUT2D eigenvalue weighted by Gasteiger charge is 2.33. The van der Waals surface area contributed by atoms with Gasteiger partial charge in [-0.2, -0.15) is 0 Å². The van der Waals surface area contributed by atoms with Gasteiger partial charge in [-0.25, -0.2) is 0 Å². The summed E-state index contributed by atoms with van der Waals surface area (Å²) >= 11 is 9.70. The van der Waals surface area contributed by atoms with Gasteiger partial charge in [-0.05, 0) is 41.5 Å². The lowest BCUT2D eigenvalue weighted by Gasteiger charge is -2.39. The van der Waals surface area contributed by atoms with Crippen LogP contribution in [0, 0.1) is 0 Å². The molecule has 1 fully saturated rings. The summed E-state index contributed by atoms with van der Waals surface area (Å²) < 4.78 is 0. The first kappa shape index (κ1) is 21.8. The van der Waals surface area contributed by atoms with Crippen molar-refractivity contribution in [3.63, 3.8) is 0 Å². The van der Waals surface area contributed by atoms with Crippen LogP contribution in [-0.4, -0.2) is 57.6 Å². The van der Waals surface area contributed by atoms with E-state index < -0.39 is 0 Å². The summed E-state index contributed by atoms with van der Waals surface area (Å²) in [6.07, 6.45) is 5.40. The number of rotatable bonds is 4. The molecular formula is C24H23ClN4OS2. The molecule has 0 spiro atoms. The number of piperazine rings is 1. The molecule has 0 N–H and O–H groups in total. The minimum Gasteiger partial charge on any atom is -0.339 e. The summed E-state index contributed by atoms with van der Waals surface area (Å²) in [5.74, 6) is 1.53. The van der Waals surface area contributed by atoms with Gasteiger partial charge in [0.15, 0.2) is 0 Å². The third kappa shape index (κ3) is 4.66. The first-order valence-corrected chi connectivity index (χ1v) is 12.9. The summed E-state index contributed by atoms with van der Waals surface area (Å²) in [6, 6.07) is 14.3. The molecule has 0 radical (unpaired) electrons. The Bertz CT molecular complexity index is 1110. The number of carbonyl (C=O) groups is 1. The highest BCUT2D eigenvalue weighted by molar-refractivity contribution is 8.00. The van der Waals surface area contributed by atoms with Gasteiger partial charge in [-0.15, -0.1) is 23.5 Å². The molecule has 1 saturated heterocycles. The van der Waals surface area contributed by atoms with Crippen molar-refractivity contribution in [2.75, 3.05) is 31.9 Å². The van der Waals surface area contributed by atoms with E-state index in [1.165, 1.54) is 16.0 Å². The first-order chi connectivity index (χ1) is 15.7. The minimum absolute atomic E-state index is 0.0805. The summed E-state index contributed by atoms with van der Waals surface area (Å²) in [5, 5.41) is 0.760. The van der Waals surface area contributed by atoms with Crippen molar-refractivity contribution >= 4 is 41.0 Å². The second-order valence-corrected chi connectivity index (χ2v) is 10.3. The molecule has 3 aromatic rings. The monoisotopic (exact) mass is 482 g/mol. The molecule has 5 nitrogen and oxygen atoms in total. The Kier molecular flexibility index (Phi) is 6.69. The minimum atomic E-state index is 0.0805. The zero-order chi connectivity index (χ0) is 21.9. The molecule has 5 rings (SSSR count). The molecule has 164 valence electrons. The van der Waals surface area contributed by atoms with E-state index in [2.05, 4.69) is 28.1 Å². The predicted molar refractivity (Wildman–Crippen MR) is 130 cm³/mol. The Labute approximate surface area is 201 Å². The fraction of sp³-hybridized carbons (Fsp3) is 0.292. The molecule has 2 aliphatic heterocycles. The smallest absolute Gasteiger partial charge is 0.233 e. The van der Waals surface area contributed by atoms with Crippen molar-refractivity contribution in [1.29, 1.82) is 0 Å². The lowest BCUT2D eigenvalue weighted by Crippen LogP contribution is -2.50. The predicted octanol–water partition coefficient (Wildman–Crippen LogP) is 4.76. The highest BCUT2D eigenvalue weighted by Crippen LogP contribution is 2.42. The van der Waals surface area contributed by atoms with Crippen molar-refractivity contribution in [2.45, 2.75) is 21.6 Å². The van der Waals surface area contributed by atoms with E-state index in [-0.39, 0.29) is 11.9 Å². The summed E-state index contributed by atoms with van der Waals surface area (Å²) in [6.45, 7) is 3.09. The number of thioether (sulfide) groups is 2. The Morgan fingerprint density at radius 2 is 1.91 bits per heavy atom. The van der Waals surface area contributed by atoms with Gasteiger partial charge < -0.3 is 4.90 Å². The molecule has 1 amide bonds. The molecule has 1 unspecified atom stereocenters. The van der Waals surface area contributed by atoms with E-state index in [4.69, 9.17) is 16.6 Å². The molecule has 2 aromatic heterocycles. The average molecular weight is 483 g/mol. The number of nitrogens with zero attached hydrogens (tertiary/aromatic N) is 4. The van der Waals surface area contributed by atoms with E-state index in [1.54, 1.807) is 24.2 Å². The number of hydrogen-bond acceptors (Lipinski definition) is 6. The van der Waals surface area contributed by atoms with Gasteiger partial charge in [0.25, 0.3) is 0 Å². The maximum absolute atomic E-state index is 12.8. The van der Waals surface area contributed by atoms with E-state index in [0.29, 0.717) is 5.75 Å². The fourth-order valence-electron chi connectivity index (χ4n) is 4.25. The molecule has 1 atom stereocenters. The fourth-order valence-corrected chi connectivity index (χ4v) is 6.39. The van der Waals surface area contributed by atoms with Gasteiger partial charge in [-0.1, -0.05) is 23.7 Å². The zero-order valence-electron chi connectivity index (χ0n) is 17.5. The van der Waals surface area contributed by atoms with Gasteiger partial charge in [0.1, 0.15) is 0 Å². The van der Waals surface area contributed by atoms with Gasteiger partial charge >= 0.3 is 0 Å². The van der Waals surface area contributed by atoms with E-state index in [1.807, 2.05) is 47.1 Å². The second kappa shape index (κ2) is 9.83. The number of halogens is 1. The molecule has 1 aromatic carbocycles. The third-order valence-electron chi connectivity index (χ3n) is 5.88. The third-order valence-corrected chi connectivity index (χ3v) is 8.23. The Morgan fingerprint density at radius 3 is 2.72 bits per heavy atom. The second-order valence-electron chi connectivity index (χ2n) is 7.81. The topological polar surface area (TPSA) is 49.3 Å². The van der Waals surface area contributed by atoms with Crippen LogP contribution in [0.15, 0.2) is 70.8 Å². The molecule has 0 bridgehead atoms. The van der Waals surface area contributed by atoms with Crippen LogP contribution >= 0.6 is 35.1 Å². The molecule has 0 saturated carbocycles. The maximum atomic E-state index is 12.8. The summed E-state index contributed by atoms with van der Waals surface area (Å²) in [4.78, 5) is 28.3. The largest absolute Gasteiger partial charge is 0.339 e. The van der Waals surface area contributed by atoms with Crippen molar-refractivity contribution in [1.82, 2.24) is 19.8 Å². The van der Waals surface area contributed by atoms with Gasteiger partial charge in [0.2, 0.25) is 5.91 Å². The highest BCUT2D eigenvalue weighted by atomic mass is 35.5. The van der Waals surface area contributed by atoms with Crippen LogP contribution in [0.1, 0.15) is 22.9 Å². The Balaban J connectivity index is 1.31. The number of benzene rings is 1. The molecule has 0 aliphatic carbocycles. The zero-order valence-corrected chi connectivity index (χ0v) is 19.9. The lowest BCUT2D eigenvalue weighted by molar-refractivity contribution is -0.130. The van der Waals surface area contributed by atoms with Crippen LogP contribution in [0.5, 0.6) is 0 Å². The van der Waals surface area contributed by atoms with Crippen LogP contribution in [0.4, 0.5) is 0 Å². The number of pyridine rings is 2. The van der Waals surface area contributed by atoms with E-state index in [0.717, 1.165) is 47.5 Å². The van der Waals surface area contributed by atoms with Crippen molar-refractivity contribution in [3.05, 3.63) is 82.9 Å². The van der Waals surface area contributed by atoms with Crippen LogP contribution in [-0.2, 0) is 10.5 Å². The van der Waals surface area contributed by atoms with Crippen molar-refractivity contribution < 1.29 is 4.79 Å². The maximum Gasteiger partial charge on any atom is 0.233 e. The van der Waals surface area contributed by atoms with Crippen molar-refractivity contribution in [2.24, 2.45) is 0 Å².